The number of likely N-dealkylation sites (N-methyl/N-ethyl adjacent to an activating group) is 1. The van der Waals surface area contributed by atoms with Crippen molar-refractivity contribution in [2.75, 3.05) is 13.6 Å². The van der Waals surface area contributed by atoms with Crippen LogP contribution in [0.2, 0.25) is 0 Å². The fraction of sp³-hybridized carbons (Fsp3) is 0.923. The highest BCUT2D eigenvalue weighted by Gasteiger charge is 2.12. The molecule has 0 bridgehead atoms. The second-order valence-corrected chi connectivity index (χ2v) is 4.80. The van der Waals surface area contributed by atoms with Crippen LogP contribution in [-0.4, -0.2) is 35.6 Å². The molecule has 4 heteroatoms. The molecule has 17 heavy (non-hydrogen) atoms. The zero-order valence-corrected chi connectivity index (χ0v) is 11.7. The van der Waals surface area contributed by atoms with Gasteiger partial charge >= 0.3 is 0 Å². The SMILES string of the molecule is CCCCCCCCCN(C)C(C)C(N)=NO. The summed E-state index contributed by atoms with van der Waals surface area (Å²) >= 11 is 0. The number of hydrogen-bond acceptors (Lipinski definition) is 3. The Hall–Kier alpha value is -0.770. The first-order valence-corrected chi connectivity index (χ1v) is 6.81. The van der Waals surface area contributed by atoms with Gasteiger partial charge in [0.15, 0.2) is 5.84 Å². The van der Waals surface area contributed by atoms with E-state index < -0.39 is 0 Å². The molecule has 0 aliphatic rings. The van der Waals surface area contributed by atoms with Crippen LogP contribution in [0.3, 0.4) is 0 Å². The summed E-state index contributed by atoms with van der Waals surface area (Å²) in [6.45, 7) is 5.20. The molecule has 0 saturated carbocycles. The third-order valence-electron chi connectivity index (χ3n) is 3.32. The molecule has 0 aromatic rings. The summed E-state index contributed by atoms with van der Waals surface area (Å²) in [6.07, 6.45) is 9.18. The Labute approximate surface area is 106 Å². The van der Waals surface area contributed by atoms with Crippen LogP contribution < -0.4 is 5.73 Å². The van der Waals surface area contributed by atoms with Crippen molar-refractivity contribution in [2.45, 2.75) is 64.8 Å². The summed E-state index contributed by atoms with van der Waals surface area (Å²) in [7, 11) is 2.01. The van der Waals surface area contributed by atoms with Crippen LogP contribution in [0.25, 0.3) is 0 Å². The monoisotopic (exact) mass is 243 g/mol. The lowest BCUT2D eigenvalue weighted by Gasteiger charge is -2.23. The second kappa shape index (κ2) is 10.4. The smallest absolute Gasteiger partial charge is 0.156 e. The van der Waals surface area contributed by atoms with Crippen LogP contribution in [-0.2, 0) is 0 Å². The van der Waals surface area contributed by atoms with Crippen molar-refractivity contribution in [2.24, 2.45) is 10.9 Å². The molecular formula is C13H29N3O. The van der Waals surface area contributed by atoms with Gasteiger partial charge in [-0.05, 0) is 26.9 Å². The summed E-state index contributed by atoms with van der Waals surface area (Å²) in [5.74, 6) is 0.287. The molecule has 0 aromatic carbocycles. The van der Waals surface area contributed by atoms with Gasteiger partial charge in [0.2, 0.25) is 0 Å². The van der Waals surface area contributed by atoms with Crippen LogP contribution in [0, 0.1) is 0 Å². The van der Waals surface area contributed by atoms with Gasteiger partial charge in [-0.25, -0.2) is 0 Å². The molecule has 0 aromatic heterocycles. The van der Waals surface area contributed by atoms with Crippen molar-refractivity contribution in [3.63, 3.8) is 0 Å². The number of oxime groups is 1. The van der Waals surface area contributed by atoms with E-state index in [1.807, 2.05) is 14.0 Å². The molecule has 0 radical (unpaired) electrons. The van der Waals surface area contributed by atoms with Crippen molar-refractivity contribution in [1.29, 1.82) is 0 Å². The minimum absolute atomic E-state index is 0.0140. The van der Waals surface area contributed by atoms with Gasteiger partial charge in [0, 0.05) is 0 Å². The largest absolute Gasteiger partial charge is 0.409 e. The lowest BCUT2D eigenvalue weighted by Crippen LogP contribution is -2.40. The van der Waals surface area contributed by atoms with Gasteiger partial charge in [0.1, 0.15) is 0 Å². The molecule has 4 nitrogen and oxygen atoms in total. The van der Waals surface area contributed by atoms with Crippen molar-refractivity contribution in [3.8, 4) is 0 Å². The van der Waals surface area contributed by atoms with Gasteiger partial charge in [-0.2, -0.15) is 0 Å². The summed E-state index contributed by atoms with van der Waals surface area (Å²) in [4.78, 5) is 2.13. The molecule has 0 rings (SSSR count). The maximum atomic E-state index is 8.58. The summed E-state index contributed by atoms with van der Waals surface area (Å²) in [5, 5.41) is 11.6. The Kier molecular flexibility index (Phi) is 9.92. The topological polar surface area (TPSA) is 61.8 Å². The Bertz CT molecular complexity index is 207. The van der Waals surface area contributed by atoms with Gasteiger partial charge in [0.05, 0.1) is 6.04 Å². The highest BCUT2D eigenvalue weighted by molar-refractivity contribution is 5.84. The molecule has 0 heterocycles. The molecule has 3 N–H and O–H groups in total. The van der Waals surface area contributed by atoms with Crippen molar-refractivity contribution in [1.82, 2.24) is 4.90 Å². The quantitative estimate of drug-likeness (QED) is 0.204. The Morgan fingerprint density at radius 1 is 1.18 bits per heavy atom. The molecular weight excluding hydrogens is 214 g/mol. The number of hydrogen-bond donors (Lipinski definition) is 2. The van der Waals surface area contributed by atoms with E-state index >= 15 is 0 Å². The van der Waals surface area contributed by atoms with E-state index in [1.165, 1.54) is 44.9 Å². The molecule has 0 spiro atoms. The molecule has 0 fully saturated rings. The van der Waals surface area contributed by atoms with Gasteiger partial charge in [0.25, 0.3) is 0 Å². The summed E-state index contributed by atoms with van der Waals surface area (Å²) < 4.78 is 0. The first-order valence-electron chi connectivity index (χ1n) is 6.81. The number of unbranched alkanes of at least 4 members (excludes halogenated alkanes) is 6. The number of nitrogens with zero attached hydrogens (tertiary/aromatic N) is 2. The third kappa shape index (κ3) is 8.02. The molecule has 0 amide bonds. The molecule has 1 atom stereocenters. The Morgan fingerprint density at radius 3 is 2.24 bits per heavy atom. The standard InChI is InChI=1S/C13H29N3O/c1-4-5-6-7-8-9-10-11-16(3)12(2)13(14)15-17/h12,17H,4-11H2,1-3H3,(H2,14,15). The van der Waals surface area contributed by atoms with Gasteiger partial charge in [-0.1, -0.05) is 50.6 Å². The predicted molar refractivity (Wildman–Crippen MR) is 73.5 cm³/mol. The minimum Gasteiger partial charge on any atom is -0.409 e. The van der Waals surface area contributed by atoms with Gasteiger partial charge < -0.3 is 10.9 Å². The maximum Gasteiger partial charge on any atom is 0.156 e. The van der Waals surface area contributed by atoms with Crippen molar-refractivity contribution < 1.29 is 5.21 Å². The highest BCUT2D eigenvalue weighted by Crippen LogP contribution is 2.08. The molecule has 1 unspecified atom stereocenters. The Morgan fingerprint density at radius 2 is 1.71 bits per heavy atom. The summed E-state index contributed by atoms with van der Waals surface area (Å²) in [6, 6.07) is 0.0140. The lowest BCUT2D eigenvalue weighted by molar-refractivity contribution is 0.279. The van der Waals surface area contributed by atoms with Crippen LogP contribution >= 0.6 is 0 Å². The van der Waals surface area contributed by atoms with Crippen molar-refractivity contribution in [3.05, 3.63) is 0 Å². The normalized spacial score (nSPS) is 14.2. The zero-order chi connectivity index (χ0) is 13.1. The fourth-order valence-electron chi connectivity index (χ4n) is 1.82. The number of rotatable bonds is 10. The van der Waals surface area contributed by atoms with Crippen molar-refractivity contribution >= 4 is 5.84 Å². The van der Waals surface area contributed by atoms with Crippen LogP contribution in [0.15, 0.2) is 5.16 Å². The van der Waals surface area contributed by atoms with Crippen LogP contribution in [0.5, 0.6) is 0 Å². The third-order valence-corrected chi connectivity index (χ3v) is 3.32. The predicted octanol–water partition coefficient (Wildman–Crippen LogP) is 2.80. The lowest BCUT2D eigenvalue weighted by atomic mass is 10.1. The van der Waals surface area contributed by atoms with Gasteiger partial charge in [-0.15, -0.1) is 0 Å². The Balaban J connectivity index is 3.48. The first kappa shape index (κ1) is 16.2. The van der Waals surface area contributed by atoms with E-state index in [0.29, 0.717) is 0 Å². The van der Waals surface area contributed by atoms with E-state index in [-0.39, 0.29) is 11.9 Å². The minimum atomic E-state index is 0.0140. The second-order valence-electron chi connectivity index (χ2n) is 4.80. The van der Waals surface area contributed by atoms with Crippen LogP contribution in [0.4, 0.5) is 0 Å². The first-order chi connectivity index (χ1) is 8.13. The fourth-order valence-corrected chi connectivity index (χ4v) is 1.82. The average molecular weight is 243 g/mol. The van der Waals surface area contributed by atoms with E-state index in [0.717, 1.165) is 6.54 Å². The molecule has 102 valence electrons. The summed E-state index contributed by atoms with van der Waals surface area (Å²) in [5.41, 5.74) is 5.56. The van der Waals surface area contributed by atoms with E-state index in [2.05, 4.69) is 17.0 Å². The van der Waals surface area contributed by atoms with E-state index in [4.69, 9.17) is 10.9 Å². The number of nitrogens with two attached hydrogens (primary N) is 1. The van der Waals surface area contributed by atoms with Gasteiger partial charge in [-0.3, -0.25) is 4.90 Å². The number of amidine groups is 1. The van der Waals surface area contributed by atoms with E-state index in [1.54, 1.807) is 0 Å². The molecule has 0 aliphatic heterocycles. The maximum absolute atomic E-state index is 8.58. The molecule has 0 saturated heterocycles. The van der Waals surface area contributed by atoms with Crippen LogP contribution in [0.1, 0.15) is 58.8 Å². The zero-order valence-electron chi connectivity index (χ0n) is 11.7. The average Bonchev–Trinajstić information content (AvgIpc) is 2.35. The van der Waals surface area contributed by atoms with E-state index in [9.17, 15) is 0 Å². The molecule has 0 aliphatic carbocycles. The highest BCUT2D eigenvalue weighted by atomic mass is 16.4.